The maximum Gasteiger partial charge on any atom is 0.346 e. The van der Waals surface area contributed by atoms with E-state index in [1.807, 2.05) is 0 Å². The zero-order valence-corrected chi connectivity index (χ0v) is 11.8. The first-order chi connectivity index (χ1) is 8.27. The van der Waals surface area contributed by atoms with E-state index in [9.17, 15) is 13.2 Å². The minimum atomic E-state index is -3.66. The Balaban J connectivity index is 3.02. The van der Waals surface area contributed by atoms with Crippen molar-refractivity contribution in [2.75, 3.05) is 0 Å². The van der Waals surface area contributed by atoms with E-state index in [0.717, 1.165) is 11.3 Å². The van der Waals surface area contributed by atoms with Crippen LogP contribution in [0.5, 0.6) is 0 Å². The van der Waals surface area contributed by atoms with Crippen LogP contribution in [-0.2, 0) is 10.0 Å². The largest absolute Gasteiger partial charge is 0.477 e. The first kappa shape index (κ1) is 14.9. The molecule has 1 unspecified atom stereocenters. The van der Waals surface area contributed by atoms with Crippen LogP contribution in [0.2, 0.25) is 0 Å². The van der Waals surface area contributed by atoms with Crippen molar-refractivity contribution in [2.45, 2.75) is 30.5 Å². The molecule has 0 radical (unpaired) electrons. The summed E-state index contributed by atoms with van der Waals surface area (Å²) in [5, 5.41) is 8.89. The third-order valence-electron chi connectivity index (χ3n) is 2.23. The summed E-state index contributed by atoms with van der Waals surface area (Å²) in [5.41, 5.74) is 0.448. The average Bonchev–Trinajstić information content (AvgIpc) is 2.60. The Morgan fingerprint density at radius 1 is 1.67 bits per heavy atom. The summed E-state index contributed by atoms with van der Waals surface area (Å²) in [5.74, 6) is -1.11. The van der Waals surface area contributed by atoms with Crippen molar-refractivity contribution in [1.82, 2.24) is 4.72 Å². The molecule has 5 nitrogen and oxygen atoms in total. The fraction of sp³-hybridized carbons (Fsp3) is 0.364. The van der Waals surface area contributed by atoms with Gasteiger partial charge >= 0.3 is 5.97 Å². The molecule has 2 N–H and O–H groups in total. The van der Waals surface area contributed by atoms with E-state index in [2.05, 4.69) is 11.3 Å². The number of hydrogen-bond donors (Lipinski definition) is 2. The fourth-order valence-corrected chi connectivity index (χ4v) is 4.07. The van der Waals surface area contributed by atoms with E-state index in [4.69, 9.17) is 5.11 Å². The van der Waals surface area contributed by atoms with Gasteiger partial charge in [0.05, 0.1) is 0 Å². The maximum absolute atomic E-state index is 12.0. The summed E-state index contributed by atoms with van der Waals surface area (Å²) in [4.78, 5) is 10.9. The van der Waals surface area contributed by atoms with E-state index >= 15 is 0 Å². The molecule has 0 aromatic carbocycles. The third-order valence-corrected chi connectivity index (χ3v) is 5.52. The number of carboxylic acid groups (broad SMARTS) is 1. The number of aromatic carboxylic acids is 1. The van der Waals surface area contributed by atoms with E-state index < -0.39 is 16.0 Å². The summed E-state index contributed by atoms with van der Waals surface area (Å²) in [6.07, 6.45) is 2.13. The van der Waals surface area contributed by atoms with Gasteiger partial charge in [0.1, 0.15) is 9.09 Å². The molecule has 0 aliphatic carbocycles. The molecule has 18 heavy (non-hydrogen) atoms. The second-order valence-corrected chi connectivity index (χ2v) is 6.92. The summed E-state index contributed by atoms with van der Waals surface area (Å²) in [7, 11) is -3.66. The van der Waals surface area contributed by atoms with Crippen molar-refractivity contribution in [3.63, 3.8) is 0 Å². The Hall–Kier alpha value is -1.18. The molecule has 0 aliphatic rings. The van der Waals surface area contributed by atoms with E-state index in [-0.39, 0.29) is 15.1 Å². The number of thiophene rings is 1. The molecule has 0 fully saturated rings. The second-order valence-electron chi connectivity index (χ2n) is 3.93. The fourth-order valence-electron chi connectivity index (χ4n) is 1.42. The van der Waals surface area contributed by atoms with Gasteiger partial charge in [0.2, 0.25) is 10.0 Å². The number of nitrogens with one attached hydrogen (secondary N) is 1. The first-order valence-electron chi connectivity index (χ1n) is 5.25. The average molecular weight is 289 g/mol. The lowest BCUT2D eigenvalue weighted by Crippen LogP contribution is -2.31. The minimum absolute atomic E-state index is 0.0216. The SMILES string of the molecule is C=CCC(C)NS(=O)(=O)c1cc(C)c(C(=O)O)s1. The van der Waals surface area contributed by atoms with Gasteiger partial charge in [0.15, 0.2) is 0 Å². The number of hydrogen-bond acceptors (Lipinski definition) is 4. The smallest absolute Gasteiger partial charge is 0.346 e. The number of rotatable bonds is 6. The van der Waals surface area contributed by atoms with Crippen LogP contribution in [-0.4, -0.2) is 25.5 Å². The summed E-state index contributed by atoms with van der Waals surface area (Å²) in [6.45, 7) is 6.83. The third kappa shape index (κ3) is 3.41. The highest BCUT2D eigenvalue weighted by Gasteiger charge is 2.22. The van der Waals surface area contributed by atoms with E-state index in [1.165, 1.54) is 6.07 Å². The lowest BCUT2D eigenvalue weighted by Gasteiger charge is -2.10. The molecule has 7 heteroatoms. The Bertz CT molecular complexity index is 560. The molecule has 1 aromatic rings. The Kier molecular flexibility index (Phi) is 4.66. The first-order valence-corrected chi connectivity index (χ1v) is 7.55. The molecular formula is C11H15NO4S2. The van der Waals surface area contributed by atoms with Crippen molar-refractivity contribution in [1.29, 1.82) is 0 Å². The summed E-state index contributed by atoms with van der Waals surface area (Å²) in [6, 6.07) is 1.10. The summed E-state index contributed by atoms with van der Waals surface area (Å²) >= 11 is 0.759. The number of carboxylic acids is 1. The lowest BCUT2D eigenvalue weighted by molar-refractivity contribution is 0.0701. The minimum Gasteiger partial charge on any atom is -0.477 e. The standard InChI is InChI=1S/C11H15NO4S2/c1-4-5-8(3)12-18(15,16)9-6-7(2)10(17-9)11(13)14/h4,6,8,12H,1,5H2,2-3H3,(H,13,14). The molecular weight excluding hydrogens is 274 g/mol. The van der Waals surface area contributed by atoms with Crippen LogP contribution in [0.1, 0.15) is 28.6 Å². The zero-order valence-electron chi connectivity index (χ0n) is 10.1. The number of aryl methyl sites for hydroxylation is 1. The highest BCUT2D eigenvalue weighted by Crippen LogP contribution is 2.26. The highest BCUT2D eigenvalue weighted by molar-refractivity contribution is 7.91. The van der Waals surface area contributed by atoms with Gasteiger partial charge in [0, 0.05) is 6.04 Å². The molecule has 0 aliphatic heterocycles. The van der Waals surface area contributed by atoms with Gasteiger partial charge < -0.3 is 5.11 Å². The molecule has 0 spiro atoms. The normalized spacial score (nSPS) is 13.2. The predicted octanol–water partition coefficient (Wildman–Crippen LogP) is 2.00. The van der Waals surface area contributed by atoms with Crippen molar-refractivity contribution >= 4 is 27.3 Å². The Morgan fingerprint density at radius 2 is 2.28 bits per heavy atom. The van der Waals surface area contributed by atoms with Gasteiger partial charge in [0.25, 0.3) is 0 Å². The second kappa shape index (κ2) is 5.64. The molecule has 1 aromatic heterocycles. The van der Waals surface area contributed by atoms with Gasteiger partial charge in [-0.1, -0.05) is 6.08 Å². The van der Waals surface area contributed by atoms with Crippen LogP contribution < -0.4 is 4.72 Å². The number of carbonyl (C=O) groups is 1. The molecule has 0 saturated heterocycles. The monoisotopic (exact) mass is 289 g/mol. The Morgan fingerprint density at radius 3 is 2.72 bits per heavy atom. The molecule has 1 atom stereocenters. The summed E-state index contributed by atoms with van der Waals surface area (Å²) < 4.78 is 26.4. The van der Waals surface area contributed by atoms with Gasteiger partial charge in [-0.25, -0.2) is 17.9 Å². The molecule has 0 saturated carbocycles. The van der Waals surface area contributed by atoms with Crippen LogP contribution in [0, 0.1) is 6.92 Å². The molecule has 1 rings (SSSR count). The van der Waals surface area contributed by atoms with Gasteiger partial charge in [-0.2, -0.15) is 0 Å². The zero-order chi connectivity index (χ0) is 13.9. The van der Waals surface area contributed by atoms with Crippen molar-refractivity contribution in [2.24, 2.45) is 0 Å². The molecule has 100 valence electrons. The van der Waals surface area contributed by atoms with E-state index in [0.29, 0.717) is 12.0 Å². The predicted molar refractivity (Wildman–Crippen MR) is 70.6 cm³/mol. The van der Waals surface area contributed by atoms with E-state index in [1.54, 1.807) is 19.9 Å². The van der Waals surface area contributed by atoms with Gasteiger partial charge in [-0.3, -0.25) is 0 Å². The Labute approximate surface area is 110 Å². The number of sulfonamides is 1. The quantitative estimate of drug-likeness (QED) is 0.785. The van der Waals surface area contributed by atoms with Crippen LogP contribution in [0.4, 0.5) is 0 Å². The highest BCUT2D eigenvalue weighted by atomic mass is 32.2. The van der Waals surface area contributed by atoms with Gasteiger partial charge in [-0.05, 0) is 31.9 Å². The molecule has 0 amide bonds. The van der Waals surface area contributed by atoms with Gasteiger partial charge in [-0.15, -0.1) is 17.9 Å². The van der Waals surface area contributed by atoms with Crippen molar-refractivity contribution < 1.29 is 18.3 Å². The van der Waals surface area contributed by atoms with Crippen LogP contribution in [0.15, 0.2) is 22.9 Å². The topological polar surface area (TPSA) is 83.5 Å². The van der Waals surface area contributed by atoms with Crippen LogP contribution in [0.25, 0.3) is 0 Å². The van der Waals surface area contributed by atoms with Crippen molar-refractivity contribution in [3.05, 3.63) is 29.2 Å². The van der Waals surface area contributed by atoms with Crippen molar-refractivity contribution in [3.8, 4) is 0 Å². The van der Waals surface area contributed by atoms with Crippen LogP contribution >= 0.6 is 11.3 Å². The molecule has 0 bridgehead atoms. The lowest BCUT2D eigenvalue weighted by atomic mass is 10.3. The van der Waals surface area contributed by atoms with Crippen LogP contribution in [0.3, 0.4) is 0 Å². The maximum atomic E-state index is 12.0. The molecule has 1 heterocycles.